The highest BCUT2D eigenvalue weighted by atomic mass is 28.3. The Morgan fingerprint density at radius 3 is 2.28 bits per heavy atom. The molecule has 0 saturated carbocycles. The molecular formula is C17H24Si. The van der Waals surface area contributed by atoms with Gasteiger partial charge in [-0.15, -0.1) is 0 Å². The van der Waals surface area contributed by atoms with Gasteiger partial charge in [-0.2, -0.15) is 0 Å². The molecule has 0 nitrogen and oxygen atoms in total. The zero-order valence-corrected chi connectivity index (χ0v) is 13.1. The van der Waals surface area contributed by atoms with Crippen molar-refractivity contribution in [2.75, 3.05) is 0 Å². The molecule has 0 bridgehead atoms. The molecule has 0 N–H and O–H groups in total. The predicted octanol–water partition coefficient (Wildman–Crippen LogP) is 3.98. The van der Waals surface area contributed by atoms with E-state index in [0.29, 0.717) is 11.0 Å². The zero-order valence-electron chi connectivity index (χ0n) is 12.0. The van der Waals surface area contributed by atoms with Crippen molar-refractivity contribution in [2.24, 2.45) is 5.92 Å². The average Bonchev–Trinajstić information content (AvgIpc) is 2.32. The molecule has 1 aromatic rings. The molecule has 96 valence electrons. The molecule has 0 amide bonds. The number of rotatable bonds is 2. The van der Waals surface area contributed by atoms with Crippen LogP contribution in [0.1, 0.15) is 34.1 Å². The monoisotopic (exact) mass is 256 g/mol. The summed E-state index contributed by atoms with van der Waals surface area (Å²) in [4.78, 5) is 0. The summed E-state index contributed by atoms with van der Waals surface area (Å²) < 4.78 is 0. The van der Waals surface area contributed by atoms with Gasteiger partial charge in [-0.05, 0) is 17.4 Å². The van der Waals surface area contributed by atoms with Crippen LogP contribution in [0.4, 0.5) is 0 Å². The van der Waals surface area contributed by atoms with Crippen molar-refractivity contribution >= 4 is 14.0 Å². The number of benzene rings is 1. The Bertz CT molecular complexity index is 448. The first-order chi connectivity index (χ1) is 8.48. The third-order valence-corrected chi connectivity index (χ3v) is 7.55. The summed E-state index contributed by atoms with van der Waals surface area (Å²) in [6, 6.07) is 11.1. The molecule has 18 heavy (non-hydrogen) atoms. The molecule has 2 atom stereocenters. The van der Waals surface area contributed by atoms with E-state index in [1.165, 1.54) is 6.42 Å². The lowest BCUT2D eigenvalue weighted by molar-refractivity contribution is 0.725. The highest BCUT2D eigenvalue weighted by Gasteiger charge is 2.30. The maximum Gasteiger partial charge on any atom is 0.107 e. The van der Waals surface area contributed by atoms with E-state index in [0.717, 1.165) is 0 Å². The molecule has 2 rings (SSSR count). The minimum absolute atomic E-state index is 0.387. The summed E-state index contributed by atoms with van der Waals surface area (Å²) in [5.41, 5.74) is 0. The third kappa shape index (κ3) is 3.02. The van der Waals surface area contributed by atoms with E-state index in [9.17, 15) is 0 Å². The van der Waals surface area contributed by atoms with Crippen molar-refractivity contribution in [3.63, 3.8) is 0 Å². The first kappa shape index (κ1) is 13.4. The van der Waals surface area contributed by atoms with Gasteiger partial charge in [0.15, 0.2) is 0 Å². The quantitative estimate of drug-likeness (QED) is 0.702. The molecule has 1 aliphatic rings. The van der Waals surface area contributed by atoms with E-state index >= 15 is 0 Å². The molecule has 0 aliphatic heterocycles. The average molecular weight is 256 g/mol. The van der Waals surface area contributed by atoms with Gasteiger partial charge in [0.25, 0.3) is 0 Å². The van der Waals surface area contributed by atoms with Gasteiger partial charge < -0.3 is 0 Å². The Labute approximate surface area is 113 Å². The van der Waals surface area contributed by atoms with Gasteiger partial charge in [0.05, 0.1) is 0 Å². The summed E-state index contributed by atoms with van der Waals surface area (Å²) in [7, 11) is -1.11. The minimum Gasteiger partial charge on any atom is -0.0846 e. The van der Waals surface area contributed by atoms with Crippen LogP contribution in [-0.4, -0.2) is 8.80 Å². The second-order valence-electron chi connectivity index (χ2n) is 6.49. The molecular weight excluding hydrogens is 232 g/mol. The predicted molar refractivity (Wildman–Crippen MR) is 83.9 cm³/mol. The fourth-order valence-corrected chi connectivity index (χ4v) is 6.46. The molecule has 1 aliphatic carbocycles. The summed E-state index contributed by atoms with van der Waals surface area (Å²) in [6.45, 7) is 9.47. The summed E-state index contributed by atoms with van der Waals surface area (Å²) in [5.74, 6) is 0.708. The van der Waals surface area contributed by atoms with Crippen LogP contribution < -0.4 is 5.19 Å². The van der Waals surface area contributed by atoms with E-state index in [-0.39, 0.29) is 0 Å². The summed E-state index contributed by atoms with van der Waals surface area (Å²) in [5, 5.41) is 3.57. The Morgan fingerprint density at radius 2 is 1.78 bits per heavy atom. The summed E-state index contributed by atoms with van der Waals surface area (Å²) in [6.07, 6.45) is 8.46. The minimum atomic E-state index is -1.11. The SMILES string of the molecule is CC1C=CC([SiH](c2ccccc2)C(C)(C)C)=CC1. The van der Waals surface area contributed by atoms with Crippen molar-refractivity contribution in [1.82, 2.24) is 0 Å². The Morgan fingerprint density at radius 1 is 1.11 bits per heavy atom. The Kier molecular flexibility index (Phi) is 3.91. The lowest BCUT2D eigenvalue weighted by Gasteiger charge is -2.32. The van der Waals surface area contributed by atoms with Crippen LogP contribution in [0.2, 0.25) is 5.04 Å². The van der Waals surface area contributed by atoms with E-state index in [1.54, 1.807) is 10.4 Å². The van der Waals surface area contributed by atoms with Crippen molar-refractivity contribution in [3.8, 4) is 0 Å². The topological polar surface area (TPSA) is 0 Å². The smallest absolute Gasteiger partial charge is 0.0846 e. The van der Waals surface area contributed by atoms with E-state index in [1.807, 2.05) is 0 Å². The first-order valence-corrected chi connectivity index (χ1v) is 8.65. The number of allylic oxidation sites excluding steroid dienone is 4. The number of hydrogen-bond acceptors (Lipinski definition) is 0. The highest BCUT2D eigenvalue weighted by Crippen LogP contribution is 2.33. The normalized spacial score (nSPS) is 21.6. The Hall–Kier alpha value is -1.08. The van der Waals surface area contributed by atoms with E-state index in [4.69, 9.17) is 0 Å². The molecule has 2 unspecified atom stereocenters. The maximum absolute atomic E-state index is 2.49. The standard InChI is InChI=1S/C17H24Si/c1-14-10-12-16(13-11-14)18(17(2,3)4)15-8-6-5-7-9-15/h5-10,12-14,18H,11H2,1-4H3. The van der Waals surface area contributed by atoms with Gasteiger partial charge in [0, 0.05) is 0 Å². The fraction of sp³-hybridized carbons (Fsp3) is 0.412. The van der Waals surface area contributed by atoms with Crippen LogP contribution in [0.5, 0.6) is 0 Å². The van der Waals surface area contributed by atoms with E-state index < -0.39 is 8.80 Å². The third-order valence-electron chi connectivity index (χ3n) is 3.67. The number of hydrogen-bond donors (Lipinski definition) is 0. The van der Waals surface area contributed by atoms with Crippen LogP contribution in [0.3, 0.4) is 0 Å². The fourth-order valence-electron chi connectivity index (χ4n) is 2.80. The van der Waals surface area contributed by atoms with Gasteiger partial charge in [-0.1, -0.05) is 86.6 Å². The molecule has 0 aromatic heterocycles. The molecule has 0 saturated heterocycles. The van der Waals surface area contributed by atoms with Crippen LogP contribution in [-0.2, 0) is 0 Å². The second kappa shape index (κ2) is 5.27. The van der Waals surface area contributed by atoms with Crippen LogP contribution in [0.15, 0.2) is 53.8 Å². The molecule has 0 spiro atoms. The molecule has 0 heterocycles. The van der Waals surface area contributed by atoms with Crippen molar-refractivity contribution in [3.05, 3.63) is 53.8 Å². The van der Waals surface area contributed by atoms with Gasteiger partial charge in [0.1, 0.15) is 8.80 Å². The largest absolute Gasteiger partial charge is 0.107 e. The first-order valence-electron chi connectivity index (χ1n) is 6.91. The summed E-state index contributed by atoms with van der Waals surface area (Å²) >= 11 is 0. The lowest BCUT2D eigenvalue weighted by Crippen LogP contribution is -2.40. The Balaban J connectivity index is 2.37. The van der Waals surface area contributed by atoms with Crippen molar-refractivity contribution < 1.29 is 0 Å². The molecule has 0 fully saturated rings. The van der Waals surface area contributed by atoms with Gasteiger partial charge in [-0.3, -0.25) is 0 Å². The highest BCUT2D eigenvalue weighted by molar-refractivity contribution is 6.82. The molecule has 1 aromatic carbocycles. The van der Waals surface area contributed by atoms with E-state index in [2.05, 4.69) is 76.3 Å². The van der Waals surface area contributed by atoms with Crippen molar-refractivity contribution in [2.45, 2.75) is 39.2 Å². The van der Waals surface area contributed by atoms with Crippen molar-refractivity contribution in [1.29, 1.82) is 0 Å². The second-order valence-corrected chi connectivity index (χ2v) is 10.4. The van der Waals surface area contributed by atoms with Crippen LogP contribution in [0, 0.1) is 5.92 Å². The molecule has 1 heteroatoms. The zero-order chi connectivity index (χ0) is 13.2. The molecule has 0 radical (unpaired) electrons. The van der Waals surface area contributed by atoms with Crippen LogP contribution in [0.25, 0.3) is 0 Å². The van der Waals surface area contributed by atoms with Gasteiger partial charge >= 0.3 is 0 Å². The maximum atomic E-state index is 2.49. The van der Waals surface area contributed by atoms with Gasteiger partial charge in [-0.25, -0.2) is 0 Å². The van der Waals surface area contributed by atoms with Gasteiger partial charge in [0.2, 0.25) is 0 Å². The van der Waals surface area contributed by atoms with Crippen LogP contribution >= 0.6 is 0 Å². The lowest BCUT2D eigenvalue weighted by atomic mass is 10.0.